The molecule has 8 heteroatoms. The van der Waals surface area contributed by atoms with Gasteiger partial charge in [0.05, 0.1) is 6.42 Å². The van der Waals surface area contributed by atoms with Gasteiger partial charge in [-0.25, -0.2) is 4.39 Å². The summed E-state index contributed by atoms with van der Waals surface area (Å²) in [5.41, 5.74) is -0.549. The fraction of sp³-hybridized carbons (Fsp3) is 0.333. The number of hydrogen-bond acceptors (Lipinski definition) is 2. The lowest BCUT2D eigenvalue weighted by Gasteiger charge is -2.17. The molecule has 0 heterocycles. The van der Waals surface area contributed by atoms with Crippen LogP contribution in [0, 0.1) is 0 Å². The molecule has 0 radical (unpaired) electrons. The Morgan fingerprint density at radius 3 is 2.21 bits per heavy atom. The van der Waals surface area contributed by atoms with E-state index in [2.05, 4.69) is 11.2 Å². The van der Waals surface area contributed by atoms with Gasteiger partial charge in [-0.15, -0.1) is 0 Å². The molecule has 3 nitrogen and oxygen atoms in total. The van der Waals surface area contributed by atoms with Gasteiger partial charge in [-0.2, -0.15) is 13.2 Å². The molecule has 0 fully saturated rings. The topological polar surface area (TPSA) is 46.2 Å². The first-order chi connectivity index (χ1) is 13.3. The number of hydrogen-bond donors (Lipinski definition) is 1. The number of carbonyl (C=O) groups excluding carboxylic acids is 1. The summed E-state index contributed by atoms with van der Waals surface area (Å²) in [6.45, 7) is 2.88. The summed E-state index contributed by atoms with van der Waals surface area (Å²) < 4.78 is 63.8. The van der Waals surface area contributed by atoms with Crippen LogP contribution in [0.3, 0.4) is 0 Å². The number of amides is 1. The summed E-state index contributed by atoms with van der Waals surface area (Å²) in [5, 5.41) is 2.42. The van der Waals surface area contributed by atoms with Crippen LogP contribution in [0.1, 0.15) is 37.8 Å². The Bertz CT molecular complexity index is 959. The van der Waals surface area contributed by atoms with Crippen LogP contribution in [0.25, 0.3) is 0 Å². The SMILES string of the molecule is C=S(=O)(c1ccc(CNC(=O)CCC(F)(F)F)cc1)c1cccc(C(C)(C)F)c1. The summed E-state index contributed by atoms with van der Waals surface area (Å²) in [5.74, 6) is 3.12. The standard InChI is InChI=1S/C21H23F4NO2S/c1-20(2,22)16-5-4-6-18(13-16)29(3,28)17-9-7-15(8-10-17)14-26-19(27)11-12-21(23,24)25/h4-10,13H,3,11-12,14H2,1-2H3,(H,26,27). The predicted octanol–water partition coefficient (Wildman–Crippen LogP) is 4.98. The molecule has 1 unspecified atom stereocenters. The van der Waals surface area contributed by atoms with Crippen LogP contribution in [0.5, 0.6) is 0 Å². The number of rotatable bonds is 7. The Balaban J connectivity index is 2.09. The van der Waals surface area contributed by atoms with E-state index in [1.54, 1.807) is 42.5 Å². The summed E-state index contributed by atoms with van der Waals surface area (Å²) in [6.07, 6.45) is -6.17. The van der Waals surface area contributed by atoms with Gasteiger partial charge in [-0.3, -0.25) is 9.00 Å². The number of benzene rings is 2. The molecule has 2 aromatic carbocycles. The van der Waals surface area contributed by atoms with E-state index in [0.717, 1.165) is 0 Å². The van der Waals surface area contributed by atoms with E-state index in [1.165, 1.54) is 19.9 Å². The lowest BCUT2D eigenvalue weighted by molar-refractivity contribution is -0.144. The van der Waals surface area contributed by atoms with E-state index in [0.29, 0.717) is 20.9 Å². The summed E-state index contributed by atoms with van der Waals surface area (Å²) >= 11 is 0. The van der Waals surface area contributed by atoms with E-state index in [-0.39, 0.29) is 6.54 Å². The molecule has 0 aliphatic carbocycles. The lowest BCUT2D eigenvalue weighted by atomic mass is 10.0. The molecular weight excluding hydrogens is 406 g/mol. The van der Waals surface area contributed by atoms with Gasteiger partial charge in [0.25, 0.3) is 0 Å². The molecule has 0 aliphatic heterocycles. The minimum atomic E-state index is -4.37. The first-order valence-electron chi connectivity index (χ1n) is 8.88. The highest BCUT2D eigenvalue weighted by atomic mass is 32.2. The lowest BCUT2D eigenvalue weighted by Crippen LogP contribution is -2.24. The molecule has 158 valence electrons. The largest absolute Gasteiger partial charge is 0.389 e. The molecule has 0 saturated heterocycles. The van der Waals surface area contributed by atoms with Gasteiger partial charge in [0, 0.05) is 32.3 Å². The second-order valence-electron chi connectivity index (χ2n) is 7.21. The van der Waals surface area contributed by atoms with E-state index < -0.39 is 40.1 Å². The smallest absolute Gasteiger partial charge is 0.352 e. The maximum atomic E-state index is 14.2. The van der Waals surface area contributed by atoms with Crippen molar-refractivity contribution in [3.05, 3.63) is 59.7 Å². The fourth-order valence-electron chi connectivity index (χ4n) is 2.58. The van der Waals surface area contributed by atoms with Crippen molar-refractivity contribution in [2.45, 2.75) is 54.9 Å². The van der Waals surface area contributed by atoms with Crippen molar-refractivity contribution in [3.63, 3.8) is 0 Å². The molecule has 1 amide bonds. The van der Waals surface area contributed by atoms with Crippen LogP contribution in [0.2, 0.25) is 0 Å². The third kappa shape index (κ3) is 6.59. The molecule has 0 aromatic heterocycles. The van der Waals surface area contributed by atoms with Crippen molar-refractivity contribution < 1.29 is 26.6 Å². The molecule has 2 rings (SSSR count). The van der Waals surface area contributed by atoms with Gasteiger partial charge in [-0.05, 0) is 55.1 Å². The second-order valence-corrected chi connectivity index (χ2v) is 9.50. The molecule has 29 heavy (non-hydrogen) atoms. The zero-order valence-electron chi connectivity index (χ0n) is 16.2. The minimum absolute atomic E-state index is 0.0564. The molecule has 0 spiro atoms. The highest BCUT2D eigenvalue weighted by Gasteiger charge is 2.27. The molecule has 1 N–H and O–H groups in total. The van der Waals surface area contributed by atoms with Gasteiger partial charge < -0.3 is 5.32 Å². The van der Waals surface area contributed by atoms with Gasteiger partial charge in [0.1, 0.15) is 5.67 Å². The Morgan fingerprint density at radius 1 is 1.03 bits per heavy atom. The van der Waals surface area contributed by atoms with Crippen molar-refractivity contribution in [1.29, 1.82) is 0 Å². The van der Waals surface area contributed by atoms with Gasteiger partial charge in [-0.1, -0.05) is 24.3 Å². The quantitative estimate of drug-likeness (QED) is 0.498. The molecule has 0 saturated carbocycles. The minimum Gasteiger partial charge on any atom is -0.352 e. The molecule has 1 atom stereocenters. The zero-order chi connectivity index (χ0) is 21.9. The van der Waals surface area contributed by atoms with Crippen LogP contribution < -0.4 is 5.32 Å². The van der Waals surface area contributed by atoms with Crippen LogP contribution in [-0.4, -0.2) is 22.2 Å². The second kappa shape index (κ2) is 8.57. The maximum Gasteiger partial charge on any atom is 0.389 e. The highest BCUT2D eigenvalue weighted by Crippen LogP contribution is 2.29. The van der Waals surface area contributed by atoms with Crippen LogP contribution >= 0.6 is 0 Å². The average molecular weight is 429 g/mol. The number of halogens is 4. The van der Waals surface area contributed by atoms with Crippen molar-refractivity contribution >= 4 is 21.3 Å². The monoisotopic (exact) mass is 429 g/mol. The van der Waals surface area contributed by atoms with Crippen molar-refractivity contribution in [2.24, 2.45) is 0 Å². The first-order valence-corrected chi connectivity index (χ1v) is 10.6. The van der Waals surface area contributed by atoms with E-state index in [1.807, 2.05) is 0 Å². The molecular formula is C21H23F4NO2S. The van der Waals surface area contributed by atoms with Crippen LogP contribution in [0.4, 0.5) is 17.6 Å². The number of carbonyl (C=O) groups is 1. The Hall–Kier alpha value is -2.35. The first kappa shape index (κ1) is 22.9. The number of nitrogens with one attached hydrogen (secondary N) is 1. The van der Waals surface area contributed by atoms with Crippen molar-refractivity contribution in [1.82, 2.24) is 5.32 Å². The highest BCUT2D eigenvalue weighted by molar-refractivity contribution is 8.00. The Kier molecular flexibility index (Phi) is 6.78. The normalized spacial score (nSPS) is 14.3. The summed E-state index contributed by atoms with van der Waals surface area (Å²) in [6, 6.07) is 12.8. The van der Waals surface area contributed by atoms with Crippen LogP contribution in [0.15, 0.2) is 58.3 Å². The molecule has 2 aromatic rings. The fourth-order valence-corrected chi connectivity index (χ4v) is 4.04. The summed E-state index contributed by atoms with van der Waals surface area (Å²) in [7, 11) is -2.87. The van der Waals surface area contributed by atoms with E-state index in [4.69, 9.17) is 0 Å². The third-order valence-corrected chi connectivity index (χ3v) is 6.38. The summed E-state index contributed by atoms with van der Waals surface area (Å²) in [4.78, 5) is 12.3. The van der Waals surface area contributed by atoms with Gasteiger partial charge >= 0.3 is 6.18 Å². The maximum absolute atomic E-state index is 14.2. The van der Waals surface area contributed by atoms with E-state index in [9.17, 15) is 26.6 Å². The Morgan fingerprint density at radius 2 is 1.66 bits per heavy atom. The third-order valence-electron chi connectivity index (χ3n) is 4.33. The molecule has 0 bridgehead atoms. The van der Waals surface area contributed by atoms with Crippen molar-refractivity contribution in [3.8, 4) is 0 Å². The average Bonchev–Trinajstić information content (AvgIpc) is 2.64. The van der Waals surface area contributed by atoms with Crippen molar-refractivity contribution in [2.75, 3.05) is 0 Å². The van der Waals surface area contributed by atoms with Gasteiger partial charge in [0.2, 0.25) is 5.91 Å². The number of alkyl halides is 4. The van der Waals surface area contributed by atoms with Crippen LogP contribution in [-0.2, 0) is 26.5 Å². The molecule has 0 aliphatic rings. The van der Waals surface area contributed by atoms with Gasteiger partial charge in [0.15, 0.2) is 0 Å². The Labute approximate surface area is 168 Å². The van der Waals surface area contributed by atoms with E-state index >= 15 is 0 Å². The zero-order valence-corrected chi connectivity index (χ0v) is 17.0. The predicted molar refractivity (Wildman–Crippen MR) is 106 cm³/mol.